The van der Waals surface area contributed by atoms with Crippen molar-refractivity contribution in [1.29, 1.82) is 0 Å². The summed E-state index contributed by atoms with van der Waals surface area (Å²) < 4.78 is 353. The number of ether oxygens (including phenoxy) is 2. The molecule has 334 valence electrons. The minimum Gasteiger partial charge on any atom is -0.466 e. The average molecular weight is 918 g/mol. The van der Waals surface area contributed by atoms with Crippen LogP contribution in [0.15, 0.2) is 0 Å². The molecule has 34 heteroatoms. The van der Waals surface area contributed by atoms with Crippen LogP contribution in [0.25, 0.3) is 0 Å². The first kappa shape index (κ1) is 53.4. The van der Waals surface area contributed by atoms with E-state index in [0.717, 1.165) is 0 Å². The topological polar surface area (TPSA) is 91.3 Å². The Kier molecular flexibility index (Phi) is 16.1. The van der Waals surface area contributed by atoms with Gasteiger partial charge in [0.2, 0.25) is 0 Å². The molecular weight excluding hydrogens is 902 g/mol. The smallest absolute Gasteiger partial charge is 0.460 e. The van der Waals surface area contributed by atoms with Crippen molar-refractivity contribution in [2.45, 2.75) is 109 Å². The zero-order valence-electron chi connectivity index (χ0n) is 25.7. The van der Waals surface area contributed by atoms with Crippen molar-refractivity contribution in [3.8, 4) is 0 Å². The Hall–Kier alpha value is -2.65. The maximum Gasteiger partial charge on any atom is 0.460 e. The van der Waals surface area contributed by atoms with Gasteiger partial charge in [0.05, 0.1) is 31.7 Å². The molecule has 56 heavy (non-hydrogen) atoms. The lowest BCUT2D eigenvalue weighted by Gasteiger charge is -2.39. The Morgan fingerprint density at radius 3 is 1.07 bits per heavy atom. The van der Waals surface area contributed by atoms with E-state index in [4.69, 9.17) is 5.26 Å². The Bertz CT molecular complexity index is 1330. The lowest BCUT2D eigenvalue weighted by Crippen LogP contribution is -2.70. The van der Waals surface area contributed by atoms with Gasteiger partial charge < -0.3 is 9.47 Å². The molecule has 7 nitrogen and oxygen atoms in total. The highest BCUT2D eigenvalue weighted by atomic mass is 32.2. The van der Waals surface area contributed by atoms with Gasteiger partial charge in [-0.05, 0) is 12.8 Å². The van der Waals surface area contributed by atoms with Crippen LogP contribution in [0.3, 0.4) is 0 Å². The minimum atomic E-state index is -8.22. The zero-order valence-corrected chi connectivity index (χ0v) is 26.5. The monoisotopic (exact) mass is 918 g/mol. The van der Waals surface area contributed by atoms with Gasteiger partial charge in [0, 0.05) is 12.8 Å². The number of carbonyl (C=O) groups is 2. The van der Waals surface area contributed by atoms with Gasteiger partial charge in [-0.1, -0.05) is 5.04 Å². The molecule has 0 aromatic rings. The van der Waals surface area contributed by atoms with Gasteiger partial charge in [-0.2, -0.15) is 114 Å². The number of halogens is 26. The molecule has 0 aromatic carbocycles. The standard InChI is InChI=1S/C22H16F26O7S/c23-11(24,13(27,28)15(31,32)17(35,36)19(39,40)21(43,44)45)3-1-5-52-9(49)7-8(56-55-54-51)10(50)53-6-2-4-12(25,26)14(29,30)16(33,34)18(37,38)20(41,42)22(46,47)48/h8,51H,1-7H2. The maximum absolute atomic E-state index is 13.8. The van der Waals surface area contributed by atoms with Gasteiger partial charge in [-0.25, -0.2) is 5.26 Å². The summed E-state index contributed by atoms with van der Waals surface area (Å²) in [4.78, 5) is 23.9. The van der Waals surface area contributed by atoms with Gasteiger partial charge in [-0.3, -0.25) is 9.59 Å². The van der Waals surface area contributed by atoms with Crippen LogP contribution < -0.4 is 0 Å². The van der Waals surface area contributed by atoms with Crippen LogP contribution in [0.4, 0.5) is 114 Å². The van der Waals surface area contributed by atoms with Crippen molar-refractivity contribution in [3.05, 3.63) is 0 Å². The van der Waals surface area contributed by atoms with E-state index in [1.54, 1.807) is 0 Å². The van der Waals surface area contributed by atoms with E-state index in [9.17, 15) is 124 Å². The molecule has 1 atom stereocenters. The first-order chi connectivity index (χ1) is 24.4. The molecule has 1 unspecified atom stereocenters. The molecule has 0 aromatic heterocycles. The molecule has 0 saturated heterocycles. The zero-order chi connectivity index (χ0) is 45.2. The van der Waals surface area contributed by atoms with E-state index in [0.29, 0.717) is 0 Å². The molecule has 0 saturated carbocycles. The summed E-state index contributed by atoms with van der Waals surface area (Å²) in [5.41, 5.74) is 0. The highest BCUT2D eigenvalue weighted by molar-refractivity contribution is 7.95. The van der Waals surface area contributed by atoms with Gasteiger partial charge in [0.1, 0.15) is 5.25 Å². The third kappa shape index (κ3) is 9.78. The van der Waals surface area contributed by atoms with Crippen LogP contribution in [0.5, 0.6) is 0 Å². The first-order valence-electron chi connectivity index (χ1n) is 13.3. The molecule has 0 bridgehead atoms. The van der Waals surface area contributed by atoms with Crippen molar-refractivity contribution in [3.63, 3.8) is 0 Å². The van der Waals surface area contributed by atoms with E-state index in [2.05, 4.69) is 18.8 Å². The van der Waals surface area contributed by atoms with Crippen LogP contribution in [0, 0.1) is 0 Å². The number of esters is 2. The van der Waals surface area contributed by atoms with E-state index >= 15 is 0 Å². The van der Waals surface area contributed by atoms with E-state index in [1.165, 1.54) is 0 Å². The predicted octanol–water partition coefficient (Wildman–Crippen LogP) is 9.94. The summed E-state index contributed by atoms with van der Waals surface area (Å²) in [6.07, 6.45) is -26.5. The summed E-state index contributed by atoms with van der Waals surface area (Å²) in [6, 6.07) is 0. The van der Waals surface area contributed by atoms with Gasteiger partial charge in [0.15, 0.2) is 0 Å². The van der Waals surface area contributed by atoms with Crippen LogP contribution >= 0.6 is 12.0 Å². The minimum absolute atomic E-state index is 0.584. The molecule has 0 radical (unpaired) electrons. The van der Waals surface area contributed by atoms with Crippen LogP contribution in [0.1, 0.15) is 32.1 Å². The largest absolute Gasteiger partial charge is 0.466 e. The summed E-state index contributed by atoms with van der Waals surface area (Å²) in [5, 5.41) is 8.67. The van der Waals surface area contributed by atoms with Gasteiger partial charge in [-0.15, -0.1) is 4.33 Å². The highest BCUT2D eigenvalue weighted by Gasteiger charge is 2.92. The van der Waals surface area contributed by atoms with Crippen molar-refractivity contribution in [2.24, 2.45) is 0 Å². The second-order valence-electron chi connectivity index (χ2n) is 10.5. The fourth-order valence-electron chi connectivity index (χ4n) is 3.39. The SMILES string of the molecule is O=C(CC(SOOO)C(=O)OCCCC(F)(F)C(F)(F)C(F)(F)C(F)(F)C(F)(F)C(F)(F)F)OCCCC(F)(F)C(F)(F)C(F)(F)C(F)(F)C(F)(F)C(F)(F)F. The average Bonchev–Trinajstić information content (AvgIpc) is 3.01. The molecule has 0 amide bonds. The number of carbonyl (C=O) groups excluding carboxylic acids is 2. The lowest BCUT2D eigenvalue weighted by molar-refractivity contribution is -0.440. The third-order valence-electron chi connectivity index (χ3n) is 6.58. The van der Waals surface area contributed by atoms with Crippen LogP contribution in [-0.2, 0) is 28.4 Å². The van der Waals surface area contributed by atoms with E-state index in [-0.39, 0.29) is 0 Å². The van der Waals surface area contributed by atoms with E-state index < -0.39 is 146 Å². The van der Waals surface area contributed by atoms with Crippen molar-refractivity contribution in [2.75, 3.05) is 13.2 Å². The van der Waals surface area contributed by atoms with E-state index in [1.807, 2.05) is 0 Å². The molecular formula is C22H16F26O7S. The van der Waals surface area contributed by atoms with Gasteiger partial charge >= 0.3 is 83.5 Å². The molecule has 0 spiro atoms. The van der Waals surface area contributed by atoms with Crippen LogP contribution in [-0.4, -0.2) is 107 Å². The lowest BCUT2D eigenvalue weighted by atomic mass is 9.92. The number of hydrogen-bond donors (Lipinski definition) is 1. The number of alkyl halides is 26. The fourth-order valence-corrected chi connectivity index (χ4v) is 3.87. The summed E-state index contributed by atoms with van der Waals surface area (Å²) >= 11 is -0.584. The van der Waals surface area contributed by atoms with Crippen molar-refractivity contribution >= 4 is 24.0 Å². The molecule has 0 heterocycles. The van der Waals surface area contributed by atoms with Crippen molar-refractivity contribution < 1.29 is 148 Å². The summed E-state index contributed by atoms with van der Waals surface area (Å²) in [5.74, 6) is -81.3. The normalized spacial score (nSPS) is 15.8. The summed E-state index contributed by atoms with van der Waals surface area (Å²) in [6.45, 7) is -3.46. The highest BCUT2D eigenvalue weighted by Crippen LogP contribution is 2.62. The molecule has 0 fully saturated rings. The molecule has 0 rings (SSSR count). The Morgan fingerprint density at radius 2 is 0.768 bits per heavy atom. The maximum atomic E-state index is 13.8. The Labute approximate surface area is 294 Å². The Morgan fingerprint density at radius 1 is 0.464 bits per heavy atom. The quantitative estimate of drug-likeness (QED) is 0.0287. The molecule has 0 aliphatic heterocycles. The Balaban J connectivity index is 5.56. The molecule has 0 aliphatic rings. The summed E-state index contributed by atoms with van der Waals surface area (Å²) in [7, 11) is 0. The predicted molar refractivity (Wildman–Crippen MR) is 123 cm³/mol. The van der Waals surface area contributed by atoms with Crippen LogP contribution in [0.2, 0.25) is 0 Å². The number of rotatable bonds is 22. The van der Waals surface area contributed by atoms with Gasteiger partial charge in [0.25, 0.3) is 0 Å². The molecule has 0 aliphatic carbocycles. The first-order valence-corrected chi connectivity index (χ1v) is 14.1. The molecule has 1 N–H and O–H groups in total. The fraction of sp³-hybridized carbons (Fsp3) is 0.909. The third-order valence-corrected chi connectivity index (χ3v) is 7.31. The second kappa shape index (κ2) is 16.9. The number of hydrogen-bond acceptors (Lipinski definition) is 8. The second-order valence-corrected chi connectivity index (χ2v) is 11.4. The van der Waals surface area contributed by atoms with Crippen molar-refractivity contribution in [1.82, 2.24) is 0 Å².